The van der Waals surface area contributed by atoms with E-state index in [9.17, 15) is 26.4 Å². The van der Waals surface area contributed by atoms with E-state index in [1.165, 1.54) is 16.4 Å². The van der Waals surface area contributed by atoms with Gasteiger partial charge in [0.05, 0.1) is 24.8 Å². The Hall–Kier alpha value is -2.67. The number of carbonyl (C=O) groups excluding carboxylic acids is 1. The third kappa shape index (κ3) is 11.1. The van der Waals surface area contributed by atoms with E-state index < -0.39 is 45.6 Å². The van der Waals surface area contributed by atoms with Gasteiger partial charge in [0.25, 0.3) is 0 Å². The Kier molecular flexibility index (Phi) is 13.4. The van der Waals surface area contributed by atoms with Gasteiger partial charge >= 0.3 is 12.1 Å². The van der Waals surface area contributed by atoms with Crippen LogP contribution >= 0.6 is 0 Å². The largest absolute Gasteiger partial charge is 0.497 e. The first kappa shape index (κ1) is 33.5. The molecule has 0 aromatic heterocycles. The first-order valence-electron chi connectivity index (χ1n) is 13.3. The molecule has 0 saturated carbocycles. The molecular weight excluding hydrogens is 547 g/mol. The summed E-state index contributed by atoms with van der Waals surface area (Å²) in [7, 11) is -2.10. The molecule has 8 nitrogen and oxygen atoms in total. The van der Waals surface area contributed by atoms with Crippen LogP contribution in [0.4, 0.5) is 13.2 Å². The summed E-state index contributed by atoms with van der Waals surface area (Å²) in [6.07, 6.45) is -4.47. The average molecular weight is 588 g/mol. The number of hydrogen-bond acceptors (Lipinski definition) is 7. The number of alkyl halides is 3. The van der Waals surface area contributed by atoms with E-state index in [-0.39, 0.29) is 19.4 Å². The molecule has 12 heteroatoms. The van der Waals surface area contributed by atoms with Crippen molar-refractivity contribution in [3.63, 3.8) is 0 Å². The van der Waals surface area contributed by atoms with Gasteiger partial charge < -0.3 is 20.5 Å². The van der Waals surface area contributed by atoms with Gasteiger partial charge in [0.15, 0.2) is 0 Å². The minimum atomic E-state index is -4.50. The van der Waals surface area contributed by atoms with Gasteiger partial charge in [-0.1, -0.05) is 44.2 Å². The lowest BCUT2D eigenvalue weighted by Crippen LogP contribution is -2.46. The highest BCUT2D eigenvalue weighted by Gasteiger charge is 2.31. The highest BCUT2D eigenvalue weighted by atomic mass is 32.2. The van der Waals surface area contributed by atoms with Crippen LogP contribution in [-0.2, 0) is 38.7 Å². The topological polar surface area (TPSA) is 111 Å². The number of benzene rings is 2. The fourth-order valence-electron chi connectivity index (χ4n) is 4.16. The van der Waals surface area contributed by atoms with E-state index in [1.807, 2.05) is 32.0 Å². The van der Waals surface area contributed by atoms with E-state index in [2.05, 4.69) is 5.32 Å². The normalized spacial score (nSPS) is 13.7. The highest BCUT2D eigenvalue weighted by molar-refractivity contribution is 7.89. The summed E-state index contributed by atoms with van der Waals surface area (Å²) in [6, 6.07) is 11.3. The zero-order valence-corrected chi connectivity index (χ0v) is 24.1. The van der Waals surface area contributed by atoms with E-state index in [0.717, 1.165) is 17.7 Å². The molecule has 0 aliphatic carbocycles. The molecule has 0 heterocycles. The molecule has 2 atom stereocenters. The summed E-state index contributed by atoms with van der Waals surface area (Å²) in [6.45, 7) is 4.98. The van der Waals surface area contributed by atoms with Gasteiger partial charge in [-0.2, -0.15) is 13.2 Å². The Balaban J connectivity index is 2.12. The van der Waals surface area contributed by atoms with Crippen molar-refractivity contribution in [3.8, 4) is 5.75 Å². The molecule has 40 heavy (non-hydrogen) atoms. The van der Waals surface area contributed by atoms with Crippen molar-refractivity contribution in [1.29, 1.82) is 0 Å². The van der Waals surface area contributed by atoms with E-state index in [1.54, 1.807) is 13.2 Å². The van der Waals surface area contributed by atoms with Gasteiger partial charge in [0.2, 0.25) is 10.0 Å². The van der Waals surface area contributed by atoms with E-state index >= 15 is 0 Å². The van der Waals surface area contributed by atoms with Crippen LogP contribution < -0.4 is 15.8 Å². The lowest BCUT2D eigenvalue weighted by molar-refractivity contribution is -0.149. The van der Waals surface area contributed by atoms with Gasteiger partial charge in [-0.25, -0.2) is 12.7 Å². The van der Waals surface area contributed by atoms with Crippen molar-refractivity contribution >= 4 is 16.0 Å². The van der Waals surface area contributed by atoms with Gasteiger partial charge in [-0.05, 0) is 48.6 Å². The molecule has 2 unspecified atom stereocenters. The standard InChI is InChI=1S/C28H40F3N3O5S/c1-4-13-34(14-5-2)40(36,37)15-12-27(35)39-26(20-33-19-22-9-7-11-24(17-22)38-3)25(32)18-21-8-6-10-23(16-21)28(29,30)31/h6-11,16-17,25-26,33H,4-5,12-15,18-20,32H2,1-3H3. The van der Waals surface area contributed by atoms with Crippen molar-refractivity contribution in [2.75, 3.05) is 32.5 Å². The fraction of sp³-hybridized carbons (Fsp3) is 0.536. The molecule has 0 bridgehead atoms. The van der Waals surface area contributed by atoms with Crippen molar-refractivity contribution in [3.05, 3.63) is 65.2 Å². The maximum absolute atomic E-state index is 13.2. The summed E-state index contributed by atoms with van der Waals surface area (Å²) in [5, 5.41) is 3.17. The van der Waals surface area contributed by atoms with Crippen molar-refractivity contribution in [2.45, 2.75) is 64.4 Å². The Morgan fingerprint density at radius 2 is 1.70 bits per heavy atom. The van der Waals surface area contributed by atoms with Crippen LogP contribution in [0.2, 0.25) is 0 Å². The summed E-state index contributed by atoms with van der Waals surface area (Å²) in [5.41, 5.74) is 6.79. The minimum Gasteiger partial charge on any atom is -0.497 e. The second kappa shape index (κ2) is 15.9. The quantitative estimate of drug-likeness (QED) is 0.268. The number of nitrogens with one attached hydrogen (secondary N) is 1. The Morgan fingerprint density at radius 1 is 1.05 bits per heavy atom. The van der Waals surface area contributed by atoms with E-state index in [0.29, 0.717) is 43.8 Å². The molecule has 0 fully saturated rings. The lowest BCUT2D eigenvalue weighted by atomic mass is 10.00. The SMILES string of the molecule is CCCN(CCC)S(=O)(=O)CCC(=O)OC(CNCc1cccc(OC)c1)C(N)Cc1cccc(C(F)(F)F)c1. The minimum absolute atomic E-state index is 0.0157. The Labute approximate surface area is 235 Å². The highest BCUT2D eigenvalue weighted by Crippen LogP contribution is 2.29. The van der Waals surface area contributed by atoms with Crippen molar-refractivity contribution in [1.82, 2.24) is 9.62 Å². The number of halogens is 3. The van der Waals surface area contributed by atoms with Gasteiger partial charge in [-0.15, -0.1) is 0 Å². The van der Waals surface area contributed by atoms with Crippen LogP contribution in [0, 0.1) is 0 Å². The second-order valence-electron chi connectivity index (χ2n) is 9.54. The molecule has 3 N–H and O–H groups in total. The van der Waals surface area contributed by atoms with Crippen LogP contribution in [0.25, 0.3) is 0 Å². The molecule has 0 aliphatic rings. The van der Waals surface area contributed by atoms with Crippen LogP contribution in [-0.4, -0.2) is 63.3 Å². The number of carbonyl (C=O) groups is 1. The predicted octanol–water partition coefficient (Wildman–Crippen LogP) is 4.13. The molecule has 0 amide bonds. The number of nitrogens with zero attached hydrogens (tertiary/aromatic N) is 1. The van der Waals surface area contributed by atoms with Gasteiger partial charge in [-0.3, -0.25) is 4.79 Å². The summed E-state index contributed by atoms with van der Waals surface area (Å²) >= 11 is 0. The van der Waals surface area contributed by atoms with E-state index in [4.69, 9.17) is 15.2 Å². The number of esters is 1. The zero-order valence-electron chi connectivity index (χ0n) is 23.2. The number of sulfonamides is 1. The molecule has 0 spiro atoms. The molecule has 0 aliphatic heterocycles. The number of methoxy groups -OCH3 is 1. The first-order valence-corrected chi connectivity index (χ1v) is 14.9. The maximum atomic E-state index is 13.2. The molecule has 0 radical (unpaired) electrons. The molecule has 224 valence electrons. The Bertz CT molecular complexity index is 1170. The average Bonchev–Trinajstić information content (AvgIpc) is 2.91. The number of ether oxygens (including phenoxy) is 2. The van der Waals surface area contributed by atoms with Crippen molar-refractivity contribution < 1.29 is 35.9 Å². The van der Waals surface area contributed by atoms with Crippen LogP contribution in [0.1, 0.15) is 49.8 Å². The molecule has 2 aromatic carbocycles. The lowest BCUT2D eigenvalue weighted by Gasteiger charge is -2.25. The number of nitrogens with two attached hydrogens (primary N) is 1. The Morgan fingerprint density at radius 3 is 2.33 bits per heavy atom. The van der Waals surface area contributed by atoms with Gasteiger partial charge in [0, 0.05) is 32.2 Å². The molecular formula is C28H40F3N3O5S. The van der Waals surface area contributed by atoms with Crippen molar-refractivity contribution in [2.24, 2.45) is 5.73 Å². The van der Waals surface area contributed by atoms with Crippen LogP contribution in [0.3, 0.4) is 0 Å². The zero-order chi connectivity index (χ0) is 29.8. The molecule has 2 rings (SSSR count). The smallest absolute Gasteiger partial charge is 0.416 e. The first-order chi connectivity index (χ1) is 18.9. The monoisotopic (exact) mass is 587 g/mol. The summed E-state index contributed by atoms with van der Waals surface area (Å²) < 4.78 is 77.2. The summed E-state index contributed by atoms with van der Waals surface area (Å²) in [5.74, 6) is -0.479. The second-order valence-corrected chi connectivity index (χ2v) is 11.6. The predicted molar refractivity (Wildman–Crippen MR) is 148 cm³/mol. The molecule has 2 aromatic rings. The van der Waals surface area contributed by atoms with Crippen LogP contribution in [0.15, 0.2) is 48.5 Å². The van der Waals surface area contributed by atoms with Gasteiger partial charge in [0.1, 0.15) is 11.9 Å². The molecule has 0 saturated heterocycles. The summed E-state index contributed by atoms with van der Waals surface area (Å²) in [4.78, 5) is 12.7. The fourth-order valence-corrected chi connectivity index (χ4v) is 5.76. The van der Waals surface area contributed by atoms with Crippen LogP contribution in [0.5, 0.6) is 5.75 Å². The number of rotatable bonds is 17. The third-order valence-electron chi connectivity index (χ3n) is 6.20. The maximum Gasteiger partial charge on any atom is 0.416 e. The number of hydrogen-bond donors (Lipinski definition) is 2. The third-order valence-corrected chi connectivity index (χ3v) is 8.07.